The highest BCUT2D eigenvalue weighted by atomic mass is 16.5. The van der Waals surface area contributed by atoms with Crippen molar-refractivity contribution in [3.05, 3.63) is 12.3 Å². The van der Waals surface area contributed by atoms with Crippen LogP contribution in [0.5, 0.6) is 5.88 Å². The van der Waals surface area contributed by atoms with Crippen LogP contribution in [0.2, 0.25) is 0 Å². The first-order chi connectivity index (χ1) is 10.6. The third-order valence-electron chi connectivity index (χ3n) is 4.14. The molecule has 7 heteroatoms. The maximum Gasteiger partial charge on any atom is 0.311 e. The molecule has 0 spiro atoms. The van der Waals surface area contributed by atoms with Crippen LogP contribution in [0.3, 0.4) is 0 Å². The van der Waals surface area contributed by atoms with E-state index in [1.165, 1.54) is 0 Å². The number of hydrogen-bond acceptors (Lipinski definition) is 6. The quantitative estimate of drug-likeness (QED) is 0.765. The summed E-state index contributed by atoms with van der Waals surface area (Å²) in [6, 6.07) is 1.68. The second-order valence-electron chi connectivity index (χ2n) is 5.61. The molecule has 1 N–H and O–H groups in total. The first kappa shape index (κ1) is 16.5. The molecule has 1 atom stereocenters. The first-order valence-corrected chi connectivity index (χ1v) is 7.45. The lowest BCUT2D eigenvalue weighted by Gasteiger charge is -2.40. The molecule has 0 amide bonds. The molecule has 122 valence electrons. The number of carbonyl (C=O) groups is 1. The van der Waals surface area contributed by atoms with Crippen LogP contribution < -0.4 is 9.64 Å². The molecule has 1 aliphatic heterocycles. The predicted molar refractivity (Wildman–Crippen MR) is 81.2 cm³/mol. The van der Waals surface area contributed by atoms with Gasteiger partial charge in [0, 0.05) is 39.1 Å². The lowest BCUT2D eigenvalue weighted by atomic mass is 9.76. The highest BCUT2D eigenvalue weighted by Gasteiger charge is 2.42. The Morgan fingerprint density at radius 2 is 2.32 bits per heavy atom. The largest absolute Gasteiger partial charge is 0.481 e. The summed E-state index contributed by atoms with van der Waals surface area (Å²) in [6.07, 6.45) is 4.43. The van der Waals surface area contributed by atoms with Gasteiger partial charge in [-0.05, 0) is 25.7 Å². The van der Waals surface area contributed by atoms with Crippen molar-refractivity contribution in [1.82, 2.24) is 9.97 Å². The van der Waals surface area contributed by atoms with Crippen LogP contribution in [-0.2, 0) is 9.53 Å². The number of aromatic nitrogens is 2. The predicted octanol–water partition coefficient (Wildman–Crippen LogP) is 1.58. The summed E-state index contributed by atoms with van der Waals surface area (Å²) in [4.78, 5) is 22.3. The Bertz CT molecular complexity index is 511. The third kappa shape index (κ3) is 3.65. The van der Waals surface area contributed by atoms with Gasteiger partial charge in [0.25, 0.3) is 0 Å². The summed E-state index contributed by atoms with van der Waals surface area (Å²) in [5.74, 6) is 0.253. The fourth-order valence-corrected chi connectivity index (χ4v) is 2.94. The smallest absolute Gasteiger partial charge is 0.311 e. The minimum Gasteiger partial charge on any atom is -0.481 e. The molecular weight excluding hydrogens is 286 g/mol. The first-order valence-electron chi connectivity index (χ1n) is 7.45. The molecule has 0 aromatic carbocycles. The Balaban J connectivity index is 2.15. The van der Waals surface area contributed by atoms with Gasteiger partial charge in [-0.1, -0.05) is 0 Å². The maximum atomic E-state index is 11.8. The van der Waals surface area contributed by atoms with Crippen LogP contribution in [0.25, 0.3) is 0 Å². The summed E-state index contributed by atoms with van der Waals surface area (Å²) >= 11 is 0. The molecule has 1 aromatic rings. The van der Waals surface area contributed by atoms with Gasteiger partial charge in [-0.2, -0.15) is 4.98 Å². The van der Waals surface area contributed by atoms with E-state index < -0.39 is 11.4 Å². The third-order valence-corrected chi connectivity index (χ3v) is 4.14. The SMILES string of the molecule is COCCC[C@]1(C(=O)O)CCCN(c2nccc(OC)n2)C1. The molecular formula is C15H23N3O4. The molecule has 1 fully saturated rings. The second kappa shape index (κ2) is 7.40. The molecule has 22 heavy (non-hydrogen) atoms. The average Bonchev–Trinajstić information content (AvgIpc) is 2.55. The number of carboxylic acid groups (broad SMARTS) is 1. The number of piperidine rings is 1. The maximum absolute atomic E-state index is 11.8. The van der Waals surface area contributed by atoms with Crippen LogP contribution in [0.1, 0.15) is 25.7 Å². The van der Waals surface area contributed by atoms with E-state index in [0.29, 0.717) is 37.8 Å². The number of nitrogens with zero attached hydrogens (tertiary/aromatic N) is 3. The van der Waals surface area contributed by atoms with Crippen LogP contribution in [0.15, 0.2) is 12.3 Å². The van der Waals surface area contributed by atoms with Gasteiger partial charge in [0.05, 0.1) is 12.5 Å². The highest BCUT2D eigenvalue weighted by Crippen LogP contribution is 2.36. The zero-order chi connectivity index (χ0) is 16.0. The van der Waals surface area contributed by atoms with E-state index in [4.69, 9.17) is 9.47 Å². The standard InChI is InChI=1S/C15H23N3O4/c1-21-10-4-7-15(13(19)20)6-3-9-18(11-15)14-16-8-5-12(17-14)22-2/h5,8H,3-4,6-7,9-11H2,1-2H3,(H,19,20)/t15-/m1/s1. The number of hydrogen-bond donors (Lipinski definition) is 1. The van der Waals surface area contributed by atoms with Crippen LogP contribution in [0.4, 0.5) is 5.95 Å². The zero-order valence-electron chi connectivity index (χ0n) is 13.1. The highest BCUT2D eigenvalue weighted by molar-refractivity contribution is 5.75. The summed E-state index contributed by atoms with van der Waals surface area (Å²) in [5.41, 5.74) is -0.761. The van der Waals surface area contributed by atoms with Crippen LogP contribution in [0, 0.1) is 5.41 Å². The normalized spacial score (nSPS) is 21.6. The van der Waals surface area contributed by atoms with E-state index >= 15 is 0 Å². The van der Waals surface area contributed by atoms with Crippen molar-refractivity contribution in [3.63, 3.8) is 0 Å². The van der Waals surface area contributed by atoms with Gasteiger partial charge in [0.15, 0.2) is 0 Å². The van der Waals surface area contributed by atoms with Gasteiger partial charge in [-0.3, -0.25) is 4.79 Å². The minimum absolute atomic E-state index is 0.416. The van der Waals surface area contributed by atoms with Crippen molar-refractivity contribution in [3.8, 4) is 5.88 Å². The van der Waals surface area contributed by atoms with E-state index in [9.17, 15) is 9.90 Å². The molecule has 0 aliphatic carbocycles. The lowest BCUT2D eigenvalue weighted by Crippen LogP contribution is -2.48. The number of rotatable bonds is 7. The van der Waals surface area contributed by atoms with E-state index in [0.717, 1.165) is 19.4 Å². The number of anilines is 1. The summed E-state index contributed by atoms with van der Waals surface area (Å²) in [5, 5.41) is 9.72. The Labute approximate surface area is 130 Å². The number of ether oxygens (including phenoxy) is 2. The Hall–Kier alpha value is -1.89. The van der Waals surface area contributed by atoms with Gasteiger partial charge in [-0.25, -0.2) is 4.98 Å². The molecule has 0 radical (unpaired) electrons. The molecule has 2 heterocycles. The van der Waals surface area contributed by atoms with Gasteiger partial charge < -0.3 is 19.5 Å². The van der Waals surface area contributed by atoms with Crippen molar-refractivity contribution in [2.24, 2.45) is 5.41 Å². The summed E-state index contributed by atoms with van der Waals surface area (Å²) < 4.78 is 10.2. The van der Waals surface area contributed by atoms with Crippen molar-refractivity contribution in [2.75, 3.05) is 38.8 Å². The van der Waals surface area contributed by atoms with Crippen LogP contribution in [-0.4, -0.2) is 55.0 Å². The van der Waals surface area contributed by atoms with Crippen molar-refractivity contribution in [2.45, 2.75) is 25.7 Å². The van der Waals surface area contributed by atoms with Gasteiger partial charge in [0.2, 0.25) is 11.8 Å². The molecule has 0 saturated carbocycles. The molecule has 1 saturated heterocycles. The number of methoxy groups -OCH3 is 2. The fraction of sp³-hybridized carbons (Fsp3) is 0.667. The van der Waals surface area contributed by atoms with Crippen molar-refractivity contribution >= 4 is 11.9 Å². The van der Waals surface area contributed by atoms with Gasteiger partial charge in [-0.15, -0.1) is 0 Å². The molecule has 1 aromatic heterocycles. The average molecular weight is 309 g/mol. The topological polar surface area (TPSA) is 84.8 Å². The Morgan fingerprint density at radius 3 is 3.00 bits per heavy atom. The molecule has 0 unspecified atom stereocenters. The van der Waals surface area contributed by atoms with E-state index in [1.807, 2.05) is 4.90 Å². The number of carboxylic acids is 1. The molecule has 1 aliphatic rings. The summed E-state index contributed by atoms with van der Waals surface area (Å²) in [6.45, 7) is 1.75. The Morgan fingerprint density at radius 1 is 1.50 bits per heavy atom. The number of aliphatic carboxylic acids is 1. The lowest BCUT2D eigenvalue weighted by molar-refractivity contribution is -0.150. The molecule has 2 rings (SSSR count). The summed E-state index contributed by atoms with van der Waals surface area (Å²) in [7, 11) is 3.18. The van der Waals surface area contributed by atoms with Crippen LogP contribution >= 0.6 is 0 Å². The Kier molecular flexibility index (Phi) is 5.54. The molecule has 7 nitrogen and oxygen atoms in total. The second-order valence-corrected chi connectivity index (χ2v) is 5.61. The van der Waals surface area contributed by atoms with Crippen molar-refractivity contribution in [1.29, 1.82) is 0 Å². The van der Waals surface area contributed by atoms with E-state index in [1.54, 1.807) is 26.5 Å². The van der Waals surface area contributed by atoms with Gasteiger partial charge >= 0.3 is 5.97 Å². The fourth-order valence-electron chi connectivity index (χ4n) is 2.94. The van der Waals surface area contributed by atoms with Gasteiger partial charge in [0.1, 0.15) is 0 Å². The zero-order valence-corrected chi connectivity index (χ0v) is 13.1. The van der Waals surface area contributed by atoms with E-state index in [2.05, 4.69) is 9.97 Å². The monoisotopic (exact) mass is 309 g/mol. The minimum atomic E-state index is -0.761. The molecule has 0 bridgehead atoms. The van der Waals surface area contributed by atoms with Crippen molar-refractivity contribution < 1.29 is 19.4 Å². The van der Waals surface area contributed by atoms with E-state index in [-0.39, 0.29) is 0 Å².